The Balaban J connectivity index is 1.62. The van der Waals surface area contributed by atoms with Crippen molar-refractivity contribution in [1.29, 1.82) is 0 Å². The van der Waals surface area contributed by atoms with Crippen LogP contribution in [0.2, 0.25) is 0 Å². The van der Waals surface area contributed by atoms with Gasteiger partial charge >= 0.3 is 0 Å². The summed E-state index contributed by atoms with van der Waals surface area (Å²) in [6, 6.07) is 0.389. The fourth-order valence-corrected chi connectivity index (χ4v) is 7.59. The van der Waals surface area contributed by atoms with Crippen molar-refractivity contribution in [3.8, 4) is 5.75 Å². The maximum absolute atomic E-state index is 13.1. The minimum Gasteiger partial charge on any atom is -0.496 e. The number of ether oxygens (including phenoxy) is 1. The number of benzene rings is 1. The molecule has 0 saturated heterocycles. The Labute approximate surface area is 247 Å². The number of nitrogens with one attached hydrogen (secondary N) is 2. The second-order valence-corrected chi connectivity index (χ2v) is 13.3. The highest BCUT2D eigenvalue weighted by Gasteiger charge is 2.28. The number of thiazole rings is 1. The minimum absolute atomic E-state index is 0.132. The topological polar surface area (TPSA) is 182 Å². The number of aliphatic hydroxyl groups is 1. The molecular formula is C28H44N6O5S2. The van der Waals surface area contributed by atoms with Gasteiger partial charge in [-0.05, 0) is 68.7 Å². The van der Waals surface area contributed by atoms with E-state index in [-0.39, 0.29) is 23.3 Å². The second-order valence-electron chi connectivity index (χ2n) is 10.8. The van der Waals surface area contributed by atoms with E-state index in [0.717, 1.165) is 18.4 Å². The normalized spacial score (nSPS) is 17.1. The lowest BCUT2D eigenvalue weighted by Gasteiger charge is -2.27. The summed E-state index contributed by atoms with van der Waals surface area (Å²) in [4.78, 5) is 21.5. The van der Waals surface area contributed by atoms with Gasteiger partial charge in [0.1, 0.15) is 16.9 Å². The molecule has 7 N–H and O–H groups in total. The first-order valence-electron chi connectivity index (χ1n) is 14.1. The molecule has 1 saturated carbocycles. The Morgan fingerprint density at radius 3 is 2.59 bits per heavy atom. The maximum Gasteiger partial charge on any atom is 0.264 e. The zero-order chi connectivity index (χ0) is 30.2. The third-order valence-corrected chi connectivity index (χ3v) is 10.2. The molecule has 1 aromatic heterocycles. The van der Waals surface area contributed by atoms with E-state index in [1.807, 2.05) is 0 Å². The summed E-state index contributed by atoms with van der Waals surface area (Å²) in [5.41, 5.74) is 14.0. The number of guanidine groups is 1. The molecule has 2 aromatic rings. The van der Waals surface area contributed by atoms with E-state index in [1.165, 1.54) is 37.7 Å². The molecule has 13 heteroatoms. The summed E-state index contributed by atoms with van der Waals surface area (Å²) in [5, 5.41) is 16.1. The first kappa shape index (κ1) is 32.8. The van der Waals surface area contributed by atoms with Crippen molar-refractivity contribution in [3.63, 3.8) is 0 Å². The van der Waals surface area contributed by atoms with Crippen molar-refractivity contribution >= 4 is 33.2 Å². The Bertz CT molecular complexity index is 1290. The summed E-state index contributed by atoms with van der Waals surface area (Å²) in [6.07, 6.45) is 7.75. The van der Waals surface area contributed by atoms with Gasteiger partial charge < -0.3 is 26.6 Å². The Kier molecular flexibility index (Phi) is 11.9. The molecule has 1 unspecified atom stereocenters. The van der Waals surface area contributed by atoms with Gasteiger partial charge in [0.05, 0.1) is 24.1 Å². The largest absolute Gasteiger partial charge is 0.496 e. The van der Waals surface area contributed by atoms with E-state index in [0.29, 0.717) is 47.1 Å². The molecule has 41 heavy (non-hydrogen) atoms. The number of sulfonamides is 1. The summed E-state index contributed by atoms with van der Waals surface area (Å²) >= 11 is 1.30. The molecule has 3 atom stereocenters. The fourth-order valence-electron chi connectivity index (χ4n) is 5.42. The zero-order valence-electron chi connectivity index (χ0n) is 24.4. The van der Waals surface area contributed by atoms with E-state index >= 15 is 0 Å². The number of hydrogen-bond donors (Lipinski definition) is 5. The average molecular weight is 609 g/mol. The third-order valence-electron chi connectivity index (χ3n) is 7.72. The number of hydrogen-bond acceptors (Lipinski definition) is 9. The summed E-state index contributed by atoms with van der Waals surface area (Å²) < 4.78 is 33.9. The standard InChI is InChI=1S/C28H44N6O5S2/c1-17-15-23(39-4)18(2)19(3)25(17)41(37,38)34-28(30)32-12-8-11-22(24(35)27-31-13-14-40-27)33-26(36)21(29)16-20-9-6-5-7-10-20/h13-15,20-22,24,35H,5-12,16,29H2,1-4H3,(H,33,36)(H3,30,32,34)/t21-,22-,24?/m0/s1. The number of aromatic nitrogens is 1. The summed E-state index contributed by atoms with van der Waals surface area (Å²) in [6.45, 7) is 5.39. The number of aryl methyl sites for hydroxylation is 1. The summed E-state index contributed by atoms with van der Waals surface area (Å²) in [5.74, 6) is 0.514. The van der Waals surface area contributed by atoms with E-state index in [4.69, 9.17) is 16.2 Å². The number of rotatable bonds is 13. The highest BCUT2D eigenvalue weighted by atomic mass is 32.2. The van der Waals surface area contributed by atoms with Crippen LogP contribution in [0.3, 0.4) is 0 Å². The molecule has 1 aliphatic carbocycles. The van der Waals surface area contributed by atoms with E-state index in [9.17, 15) is 18.3 Å². The lowest BCUT2D eigenvalue weighted by atomic mass is 9.85. The number of nitrogens with two attached hydrogens (primary N) is 2. The van der Waals surface area contributed by atoms with Gasteiger partial charge in [-0.2, -0.15) is 0 Å². The molecule has 1 aliphatic rings. The van der Waals surface area contributed by atoms with Gasteiger partial charge in [0.15, 0.2) is 0 Å². The molecule has 1 amide bonds. The quantitative estimate of drug-likeness (QED) is 0.131. The molecule has 0 bridgehead atoms. The minimum atomic E-state index is -3.98. The van der Waals surface area contributed by atoms with Gasteiger partial charge in [0, 0.05) is 18.1 Å². The number of methoxy groups -OCH3 is 1. The van der Waals surface area contributed by atoms with Gasteiger partial charge in [-0.1, -0.05) is 32.1 Å². The molecule has 1 aromatic carbocycles. The van der Waals surface area contributed by atoms with Crippen LogP contribution in [0, 0.1) is 26.7 Å². The van der Waals surface area contributed by atoms with Gasteiger partial charge in [0.25, 0.3) is 10.0 Å². The first-order chi connectivity index (χ1) is 19.4. The van der Waals surface area contributed by atoms with Crippen LogP contribution in [0.5, 0.6) is 5.75 Å². The van der Waals surface area contributed by atoms with Gasteiger partial charge in [0.2, 0.25) is 11.9 Å². The van der Waals surface area contributed by atoms with Crippen LogP contribution in [0.4, 0.5) is 0 Å². The molecule has 0 aliphatic heterocycles. The summed E-state index contributed by atoms with van der Waals surface area (Å²) in [7, 11) is -2.44. The number of amides is 1. The van der Waals surface area contributed by atoms with Crippen LogP contribution in [0.15, 0.2) is 27.5 Å². The Hall–Kier alpha value is -2.74. The number of carbonyl (C=O) groups excluding carboxylic acids is 1. The van der Waals surface area contributed by atoms with E-state index in [2.05, 4.69) is 20.0 Å². The SMILES string of the molecule is COc1cc(C)c(S(=O)(=O)NC(N)=NCCC[C@H](NC(=O)[C@@H](N)CC2CCCCC2)C(O)c2nccs2)c(C)c1C. The Morgan fingerprint density at radius 1 is 1.24 bits per heavy atom. The molecule has 0 spiro atoms. The number of aliphatic imine (C=N–C) groups is 1. The van der Waals surface area contributed by atoms with Crippen molar-refractivity contribution in [3.05, 3.63) is 39.3 Å². The third kappa shape index (κ3) is 8.87. The van der Waals surface area contributed by atoms with Crippen molar-refractivity contribution in [1.82, 2.24) is 15.0 Å². The number of nitrogens with zero attached hydrogens (tertiary/aromatic N) is 2. The van der Waals surface area contributed by atoms with E-state index < -0.39 is 28.2 Å². The maximum atomic E-state index is 13.1. The first-order valence-corrected chi connectivity index (χ1v) is 16.4. The molecule has 1 heterocycles. The highest BCUT2D eigenvalue weighted by Crippen LogP contribution is 2.30. The lowest BCUT2D eigenvalue weighted by Crippen LogP contribution is -2.48. The Morgan fingerprint density at radius 2 is 1.95 bits per heavy atom. The van der Waals surface area contributed by atoms with Crippen LogP contribution >= 0.6 is 11.3 Å². The molecule has 1 fully saturated rings. The molecule has 0 radical (unpaired) electrons. The monoisotopic (exact) mass is 608 g/mol. The highest BCUT2D eigenvalue weighted by molar-refractivity contribution is 7.90. The van der Waals surface area contributed by atoms with Crippen LogP contribution in [-0.4, -0.2) is 56.1 Å². The zero-order valence-corrected chi connectivity index (χ0v) is 26.0. The second kappa shape index (κ2) is 14.9. The lowest BCUT2D eigenvalue weighted by molar-refractivity contribution is -0.124. The molecule has 228 valence electrons. The number of aliphatic hydroxyl groups excluding tert-OH is 1. The van der Waals surface area contributed by atoms with Crippen LogP contribution in [-0.2, 0) is 14.8 Å². The predicted octanol–water partition coefficient (Wildman–Crippen LogP) is 2.97. The van der Waals surface area contributed by atoms with Crippen molar-refractivity contribution < 1.29 is 23.1 Å². The van der Waals surface area contributed by atoms with Crippen LogP contribution < -0.4 is 26.2 Å². The van der Waals surface area contributed by atoms with E-state index in [1.54, 1.807) is 38.4 Å². The van der Waals surface area contributed by atoms with Gasteiger partial charge in [-0.15, -0.1) is 11.3 Å². The van der Waals surface area contributed by atoms with Crippen molar-refractivity contribution in [2.45, 2.75) is 95.2 Å². The average Bonchev–Trinajstić information content (AvgIpc) is 3.47. The molecule has 11 nitrogen and oxygen atoms in total. The van der Waals surface area contributed by atoms with Gasteiger partial charge in [-0.3, -0.25) is 9.79 Å². The van der Waals surface area contributed by atoms with Crippen LogP contribution in [0.1, 0.15) is 79.2 Å². The smallest absolute Gasteiger partial charge is 0.264 e. The van der Waals surface area contributed by atoms with Gasteiger partial charge in [-0.25, -0.2) is 18.1 Å². The molecule has 3 rings (SSSR count). The van der Waals surface area contributed by atoms with Crippen LogP contribution in [0.25, 0.3) is 0 Å². The van der Waals surface area contributed by atoms with Crippen molar-refractivity contribution in [2.24, 2.45) is 22.4 Å². The number of carbonyl (C=O) groups is 1. The fraction of sp³-hybridized carbons (Fsp3) is 0.607. The molecular weight excluding hydrogens is 564 g/mol. The predicted molar refractivity (Wildman–Crippen MR) is 161 cm³/mol. The van der Waals surface area contributed by atoms with Crippen molar-refractivity contribution in [2.75, 3.05) is 13.7 Å².